The zero-order chi connectivity index (χ0) is 8.97. The highest BCUT2D eigenvalue weighted by Crippen LogP contribution is 1.96. The molecule has 3 N–H and O–H groups in total. The number of halogens is 1. The Morgan fingerprint density at radius 1 is 1.83 bits per heavy atom. The predicted octanol–water partition coefficient (Wildman–Crippen LogP) is -0.0529. The first-order valence-electron chi connectivity index (χ1n) is 3.34. The maximum atomic E-state index is 11.9. The molecule has 1 heterocycles. The highest BCUT2D eigenvalue weighted by molar-refractivity contribution is 5.93. The average Bonchev–Trinajstić information content (AvgIpc) is 2.52. The van der Waals surface area contributed by atoms with E-state index in [0.717, 1.165) is 0 Å². The molecule has 0 unspecified atom stereocenters. The van der Waals surface area contributed by atoms with Crippen LogP contribution in [0.1, 0.15) is 5.82 Å². The Balaban J connectivity index is 2.91. The van der Waals surface area contributed by atoms with E-state index in [4.69, 9.17) is 10.9 Å². The van der Waals surface area contributed by atoms with E-state index in [1.165, 1.54) is 10.8 Å². The van der Waals surface area contributed by atoms with Crippen molar-refractivity contribution in [2.24, 2.45) is 10.9 Å². The number of alkyl halides is 1. The van der Waals surface area contributed by atoms with Gasteiger partial charge in [0.15, 0.2) is 5.82 Å². The molecule has 12 heavy (non-hydrogen) atoms. The van der Waals surface area contributed by atoms with Crippen LogP contribution in [0.15, 0.2) is 17.5 Å². The lowest BCUT2D eigenvalue weighted by Gasteiger charge is -2.01. The van der Waals surface area contributed by atoms with Crippen LogP contribution in [0.2, 0.25) is 0 Å². The number of aryl methyl sites for hydroxylation is 1. The monoisotopic (exact) mass is 172 g/mol. The molecule has 0 saturated carbocycles. The first kappa shape index (κ1) is 8.51. The third-order valence-electron chi connectivity index (χ3n) is 1.38. The third-order valence-corrected chi connectivity index (χ3v) is 1.38. The van der Waals surface area contributed by atoms with Gasteiger partial charge in [-0.05, 0) is 0 Å². The fraction of sp³-hybridized carbons (Fsp3) is 0.333. The minimum Gasteiger partial charge on any atom is -0.409 e. The van der Waals surface area contributed by atoms with Gasteiger partial charge in [0, 0.05) is 12.4 Å². The molecule has 0 aliphatic rings. The molecule has 0 aromatic carbocycles. The molecule has 1 aromatic heterocycles. The molecule has 0 bridgehead atoms. The Hall–Kier alpha value is -1.59. The van der Waals surface area contributed by atoms with Crippen molar-refractivity contribution in [3.8, 4) is 0 Å². The Kier molecular flexibility index (Phi) is 2.62. The van der Waals surface area contributed by atoms with Gasteiger partial charge in [0.05, 0.1) is 6.54 Å². The fourth-order valence-electron chi connectivity index (χ4n) is 0.859. The lowest BCUT2D eigenvalue weighted by atomic mass is 10.5. The van der Waals surface area contributed by atoms with Crippen molar-refractivity contribution in [2.45, 2.75) is 6.54 Å². The lowest BCUT2D eigenvalue weighted by Crippen LogP contribution is -2.19. The quantitative estimate of drug-likeness (QED) is 0.290. The molecule has 0 aliphatic carbocycles. The number of amidine groups is 1. The summed E-state index contributed by atoms with van der Waals surface area (Å²) in [5.41, 5.74) is 5.26. The van der Waals surface area contributed by atoms with E-state index in [1.807, 2.05) is 0 Å². The van der Waals surface area contributed by atoms with Gasteiger partial charge in [-0.25, -0.2) is 9.37 Å². The summed E-state index contributed by atoms with van der Waals surface area (Å²) in [7, 11) is 0. The number of rotatable bonds is 3. The Morgan fingerprint density at radius 2 is 2.58 bits per heavy atom. The Bertz CT molecular complexity index is 283. The summed E-state index contributed by atoms with van der Waals surface area (Å²) in [6, 6.07) is 0. The van der Waals surface area contributed by atoms with Gasteiger partial charge in [-0.1, -0.05) is 5.16 Å². The van der Waals surface area contributed by atoms with Crippen LogP contribution in [0.25, 0.3) is 0 Å². The minimum absolute atomic E-state index is 0.117. The maximum absolute atomic E-state index is 11.9. The van der Waals surface area contributed by atoms with Crippen LogP contribution in [-0.4, -0.2) is 27.3 Å². The first-order chi connectivity index (χ1) is 5.79. The van der Waals surface area contributed by atoms with Crippen molar-refractivity contribution in [2.75, 3.05) is 6.67 Å². The van der Waals surface area contributed by atoms with E-state index in [1.54, 1.807) is 6.20 Å². The molecule has 0 radical (unpaired) electrons. The van der Waals surface area contributed by atoms with Crippen molar-refractivity contribution in [3.05, 3.63) is 18.2 Å². The normalized spacial score (nSPS) is 11.9. The molecule has 0 saturated heterocycles. The molecule has 0 fully saturated rings. The van der Waals surface area contributed by atoms with Crippen molar-refractivity contribution in [1.29, 1.82) is 0 Å². The second kappa shape index (κ2) is 3.70. The van der Waals surface area contributed by atoms with E-state index in [9.17, 15) is 4.39 Å². The smallest absolute Gasteiger partial charge is 0.206 e. The standard InChI is InChI=1S/C6H9FN4O/c7-1-3-11-4-2-9-6(11)5(8)10-12/h2,4,12H,1,3H2,(H2,8,10). The first-order valence-corrected chi connectivity index (χ1v) is 3.34. The van der Waals surface area contributed by atoms with E-state index >= 15 is 0 Å². The molecule has 66 valence electrons. The van der Waals surface area contributed by atoms with E-state index < -0.39 is 6.67 Å². The van der Waals surface area contributed by atoms with Crippen LogP contribution < -0.4 is 5.73 Å². The van der Waals surface area contributed by atoms with Crippen LogP contribution in [0.5, 0.6) is 0 Å². The molecular formula is C6H9FN4O. The number of nitrogens with two attached hydrogens (primary N) is 1. The zero-order valence-electron chi connectivity index (χ0n) is 6.31. The van der Waals surface area contributed by atoms with Gasteiger partial charge >= 0.3 is 0 Å². The number of oxime groups is 1. The van der Waals surface area contributed by atoms with Gasteiger partial charge in [-0.3, -0.25) is 0 Å². The number of imidazole rings is 1. The molecule has 0 spiro atoms. The van der Waals surface area contributed by atoms with Gasteiger partial charge < -0.3 is 15.5 Å². The number of aromatic nitrogens is 2. The molecule has 5 nitrogen and oxygen atoms in total. The predicted molar refractivity (Wildman–Crippen MR) is 40.7 cm³/mol. The van der Waals surface area contributed by atoms with Crippen LogP contribution in [0, 0.1) is 0 Å². The largest absolute Gasteiger partial charge is 0.409 e. The van der Waals surface area contributed by atoms with Gasteiger partial charge in [0.1, 0.15) is 6.67 Å². The summed E-state index contributed by atoms with van der Waals surface area (Å²) in [5.74, 6) is 0.156. The van der Waals surface area contributed by atoms with Gasteiger partial charge in [-0.2, -0.15) is 0 Å². The summed E-state index contributed by atoms with van der Waals surface area (Å²) < 4.78 is 13.4. The second-order valence-electron chi connectivity index (χ2n) is 2.12. The van der Waals surface area contributed by atoms with Crippen molar-refractivity contribution in [3.63, 3.8) is 0 Å². The summed E-state index contributed by atoms with van der Waals surface area (Å²) in [5, 5.41) is 11.1. The topological polar surface area (TPSA) is 76.4 Å². The SMILES string of the molecule is N/C(=N/O)c1nccn1CCF. The van der Waals surface area contributed by atoms with Crippen molar-refractivity contribution in [1.82, 2.24) is 9.55 Å². The van der Waals surface area contributed by atoms with Crippen LogP contribution >= 0.6 is 0 Å². The highest BCUT2D eigenvalue weighted by Gasteiger charge is 2.06. The van der Waals surface area contributed by atoms with Crippen LogP contribution in [0.3, 0.4) is 0 Å². The molecule has 0 atom stereocenters. The number of hydrogen-bond acceptors (Lipinski definition) is 3. The minimum atomic E-state index is -0.512. The number of hydrogen-bond donors (Lipinski definition) is 2. The van der Waals surface area contributed by atoms with E-state index in [2.05, 4.69) is 10.1 Å². The third kappa shape index (κ3) is 1.52. The van der Waals surface area contributed by atoms with Crippen molar-refractivity contribution < 1.29 is 9.60 Å². The fourth-order valence-corrected chi connectivity index (χ4v) is 0.859. The molecule has 1 aromatic rings. The van der Waals surface area contributed by atoms with Crippen LogP contribution in [0.4, 0.5) is 4.39 Å². The van der Waals surface area contributed by atoms with Crippen molar-refractivity contribution >= 4 is 5.84 Å². The van der Waals surface area contributed by atoms with Crippen LogP contribution in [-0.2, 0) is 6.54 Å². The second-order valence-corrected chi connectivity index (χ2v) is 2.12. The summed E-state index contributed by atoms with van der Waals surface area (Å²) in [6.45, 7) is -0.354. The lowest BCUT2D eigenvalue weighted by molar-refractivity contribution is 0.318. The molecule has 0 aliphatic heterocycles. The molecule has 0 amide bonds. The van der Waals surface area contributed by atoms with E-state index in [-0.39, 0.29) is 18.2 Å². The number of nitrogens with zero attached hydrogens (tertiary/aromatic N) is 3. The molecular weight excluding hydrogens is 163 g/mol. The average molecular weight is 172 g/mol. The summed E-state index contributed by atoms with van der Waals surface area (Å²) in [6.07, 6.45) is 3.02. The zero-order valence-corrected chi connectivity index (χ0v) is 6.31. The van der Waals surface area contributed by atoms with Gasteiger partial charge in [-0.15, -0.1) is 0 Å². The van der Waals surface area contributed by atoms with E-state index in [0.29, 0.717) is 0 Å². The molecule has 6 heteroatoms. The van der Waals surface area contributed by atoms with Gasteiger partial charge in [0.2, 0.25) is 5.84 Å². The van der Waals surface area contributed by atoms with Gasteiger partial charge in [0.25, 0.3) is 0 Å². The maximum Gasteiger partial charge on any atom is 0.206 e. The Morgan fingerprint density at radius 3 is 3.17 bits per heavy atom. The summed E-state index contributed by atoms with van der Waals surface area (Å²) >= 11 is 0. The summed E-state index contributed by atoms with van der Waals surface area (Å²) in [4.78, 5) is 3.79. The molecule has 1 rings (SSSR count). The highest BCUT2D eigenvalue weighted by atomic mass is 19.1. The Labute approximate surface area is 68.3 Å².